The van der Waals surface area contributed by atoms with Gasteiger partial charge in [-0.3, -0.25) is 9.59 Å². The zero-order valence-electron chi connectivity index (χ0n) is 16.6. The molecular formula is C20H27N3O4S. The molecule has 1 aliphatic rings. The molecule has 3 heterocycles. The van der Waals surface area contributed by atoms with E-state index in [1.54, 1.807) is 0 Å². The van der Waals surface area contributed by atoms with Crippen molar-refractivity contribution in [1.82, 2.24) is 13.4 Å². The number of hydrogen-bond donors (Lipinski definition) is 0. The first kappa shape index (κ1) is 20.5. The molecule has 0 spiro atoms. The van der Waals surface area contributed by atoms with Crippen LogP contribution in [0.3, 0.4) is 0 Å². The van der Waals surface area contributed by atoms with E-state index in [0.717, 1.165) is 37.2 Å². The van der Waals surface area contributed by atoms with Gasteiger partial charge in [-0.15, -0.1) is 0 Å². The summed E-state index contributed by atoms with van der Waals surface area (Å²) in [5.41, 5.74) is 2.06. The van der Waals surface area contributed by atoms with Gasteiger partial charge in [0.15, 0.2) is 5.78 Å². The van der Waals surface area contributed by atoms with E-state index in [1.165, 1.54) is 27.2 Å². The number of Topliss-reactive ketones (excluding diaryl/α,β-unsaturated/α-hetero) is 1. The fourth-order valence-corrected chi connectivity index (χ4v) is 5.29. The second-order valence-electron chi connectivity index (χ2n) is 7.30. The fraction of sp³-hybridized carbons (Fsp3) is 0.500. The maximum Gasteiger partial charge on any atom is 0.251 e. The average molecular weight is 406 g/mol. The molecule has 28 heavy (non-hydrogen) atoms. The highest BCUT2D eigenvalue weighted by molar-refractivity contribution is 7.89. The highest BCUT2D eigenvalue weighted by atomic mass is 32.2. The van der Waals surface area contributed by atoms with Crippen LogP contribution in [0, 0.1) is 13.8 Å². The molecule has 0 unspecified atom stereocenters. The Balaban J connectivity index is 1.90. The summed E-state index contributed by atoms with van der Waals surface area (Å²) < 4.78 is 30.2. The molecule has 0 aromatic carbocycles. The van der Waals surface area contributed by atoms with Crippen molar-refractivity contribution in [3.05, 3.63) is 51.7 Å². The number of sulfonamides is 1. The predicted octanol–water partition coefficient (Wildman–Crippen LogP) is 2.34. The van der Waals surface area contributed by atoms with E-state index in [1.807, 2.05) is 19.9 Å². The Bertz CT molecular complexity index is 1040. The summed E-state index contributed by atoms with van der Waals surface area (Å²) in [6.45, 7) is 7.55. The lowest BCUT2D eigenvalue weighted by Crippen LogP contribution is -2.30. The van der Waals surface area contributed by atoms with Crippen molar-refractivity contribution in [3.8, 4) is 0 Å². The fourth-order valence-electron chi connectivity index (χ4n) is 3.75. The molecule has 3 rings (SSSR count). The monoisotopic (exact) mass is 405 g/mol. The average Bonchev–Trinajstić information content (AvgIpc) is 3.28. The number of rotatable bonds is 7. The molecule has 2 aromatic heterocycles. The molecule has 0 saturated carbocycles. The number of pyridine rings is 1. The largest absolute Gasteiger partial charge is 0.348 e. The lowest BCUT2D eigenvalue weighted by molar-refractivity contribution is 0.0969. The van der Waals surface area contributed by atoms with Gasteiger partial charge in [0.2, 0.25) is 10.0 Å². The molecule has 1 saturated heterocycles. The van der Waals surface area contributed by atoms with Crippen LogP contribution in [0.25, 0.3) is 0 Å². The van der Waals surface area contributed by atoms with Gasteiger partial charge < -0.3 is 9.13 Å². The molecular weight excluding hydrogens is 378 g/mol. The van der Waals surface area contributed by atoms with Crippen LogP contribution in [0.5, 0.6) is 0 Å². The van der Waals surface area contributed by atoms with Crippen molar-refractivity contribution in [3.63, 3.8) is 0 Å². The molecule has 1 aliphatic heterocycles. The number of hydrogen-bond acceptors (Lipinski definition) is 4. The number of ketones is 1. The Labute approximate surface area is 165 Å². The molecule has 0 bridgehead atoms. The van der Waals surface area contributed by atoms with Gasteiger partial charge in [-0.1, -0.05) is 6.92 Å². The molecule has 0 amide bonds. The van der Waals surface area contributed by atoms with Crippen LogP contribution in [0.1, 0.15) is 47.9 Å². The summed E-state index contributed by atoms with van der Waals surface area (Å²) >= 11 is 0. The normalized spacial score (nSPS) is 15.2. The smallest absolute Gasteiger partial charge is 0.251 e. The van der Waals surface area contributed by atoms with Gasteiger partial charge in [-0.25, -0.2) is 8.42 Å². The van der Waals surface area contributed by atoms with Crippen molar-refractivity contribution < 1.29 is 13.2 Å². The SMILES string of the molecule is CCCn1c(C)cc(C(=O)Cn2cc(S(=O)(=O)N3CCCC3)ccc2=O)c1C. The lowest BCUT2D eigenvalue weighted by Gasteiger charge is -2.16. The van der Waals surface area contributed by atoms with E-state index < -0.39 is 15.6 Å². The van der Waals surface area contributed by atoms with E-state index in [0.29, 0.717) is 18.7 Å². The van der Waals surface area contributed by atoms with E-state index in [9.17, 15) is 18.0 Å². The molecule has 0 radical (unpaired) electrons. The minimum Gasteiger partial charge on any atom is -0.348 e. The second kappa shape index (κ2) is 8.05. The van der Waals surface area contributed by atoms with Crippen molar-refractivity contribution in [1.29, 1.82) is 0 Å². The topological polar surface area (TPSA) is 81.4 Å². The second-order valence-corrected chi connectivity index (χ2v) is 9.24. The van der Waals surface area contributed by atoms with Crippen LogP contribution >= 0.6 is 0 Å². The van der Waals surface area contributed by atoms with Crippen molar-refractivity contribution >= 4 is 15.8 Å². The van der Waals surface area contributed by atoms with Gasteiger partial charge in [-0.2, -0.15) is 4.31 Å². The molecule has 0 atom stereocenters. The highest BCUT2D eigenvalue weighted by Gasteiger charge is 2.28. The number of aryl methyl sites for hydroxylation is 1. The standard InChI is InChI=1S/C20H27N3O4S/c1-4-9-23-15(2)12-18(16(23)3)19(24)14-21-13-17(7-8-20(21)25)28(26,27)22-10-5-6-11-22/h7-8,12-13H,4-6,9-11,14H2,1-3H3. The number of aromatic nitrogens is 2. The summed E-state index contributed by atoms with van der Waals surface area (Å²) in [6, 6.07) is 4.38. The highest BCUT2D eigenvalue weighted by Crippen LogP contribution is 2.20. The van der Waals surface area contributed by atoms with Crippen LogP contribution < -0.4 is 5.56 Å². The minimum absolute atomic E-state index is 0.0539. The van der Waals surface area contributed by atoms with Gasteiger partial charge in [0.1, 0.15) is 0 Å². The Hall–Kier alpha value is -2.19. The molecule has 152 valence electrons. The molecule has 7 nitrogen and oxygen atoms in total. The van der Waals surface area contributed by atoms with E-state index >= 15 is 0 Å². The van der Waals surface area contributed by atoms with Crippen molar-refractivity contribution in [2.75, 3.05) is 13.1 Å². The van der Waals surface area contributed by atoms with Crippen molar-refractivity contribution in [2.45, 2.75) is 58.0 Å². The first-order valence-electron chi connectivity index (χ1n) is 9.66. The summed E-state index contributed by atoms with van der Waals surface area (Å²) in [6.07, 6.45) is 3.93. The van der Waals surface area contributed by atoms with Crippen LogP contribution in [-0.2, 0) is 23.1 Å². The Morgan fingerprint density at radius 2 is 1.82 bits per heavy atom. The number of carbonyl (C=O) groups is 1. The van der Waals surface area contributed by atoms with Gasteiger partial charge in [0.25, 0.3) is 5.56 Å². The summed E-state index contributed by atoms with van der Waals surface area (Å²) in [5.74, 6) is -0.201. The van der Waals surface area contributed by atoms with Crippen LogP contribution in [-0.4, -0.2) is 40.7 Å². The summed E-state index contributed by atoms with van der Waals surface area (Å²) in [4.78, 5) is 25.1. The van der Waals surface area contributed by atoms with Crippen LogP contribution in [0.4, 0.5) is 0 Å². The maximum atomic E-state index is 12.8. The third-order valence-electron chi connectivity index (χ3n) is 5.29. The lowest BCUT2D eigenvalue weighted by atomic mass is 10.1. The predicted molar refractivity (Wildman–Crippen MR) is 107 cm³/mol. The Kier molecular flexibility index (Phi) is 5.90. The van der Waals surface area contributed by atoms with Gasteiger partial charge in [0, 0.05) is 48.8 Å². The summed E-state index contributed by atoms with van der Waals surface area (Å²) in [7, 11) is -3.64. The minimum atomic E-state index is -3.64. The van der Waals surface area contributed by atoms with Crippen molar-refractivity contribution in [2.24, 2.45) is 0 Å². The molecule has 2 aromatic rings. The van der Waals surface area contributed by atoms with Gasteiger partial charge >= 0.3 is 0 Å². The zero-order chi connectivity index (χ0) is 20.5. The first-order chi connectivity index (χ1) is 13.3. The third kappa shape index (κ3) is 3.84. The maximum absolute atomic E-state index is 12.8. The molecule has 0 N–H and O–H groups in total. The number of nitrogens with zero attached hydrogens (tertiary/aromatic N) is 3. The van der Waals surface area contributed by atoms with E-state index in [4.69, 9.17) is 0 Å². The van der Waals surface area contributed by atoms with E-state index in [-0.39, 0.29) is 17.2 Å². The van der Waals surface area contributed by atoms with Crippen LogP contribution in [0.15, 0.2) is 34.1 Å². The molecule has 1 fully saturated rings. The van der Waals surface area contributed by atoms with Crippen LogP contribution in [0.2, 0.25) is 0 Å². The third-order valence-corrected chi connectivity index (χ3v) is 7.18. The molecule has 0 aliphatic carbocycles. The first-order valence-corrected chi connectivity index (χ1v) is 11.1. The summed E-state index contributed by atoms with van der Waals surface area (Å²) in [5, 5.41) is 0. The van der Waals surface area contributed by atoms with E-state index in [2.05, 4.69) is 11.5 Å². The molecule has 8 heteroatoms. The Morgan fingerprint density at radius 3 is 2.46 bits per heavy atom. The van der Waals surface area contributed by atoms with Gasteiger partial charge in [0.05, 0.1) is 11.4 Å². The van der Waals surface area contributed by atoms with Gasteiger partial charge in [-0.05, 0) is 45.2 Å². The quantitative estimate of drug-likeness (QED) is 0.662. The zero-order valence-corrected chi connectivity index (χ0v) is 17.5. The number of carbonyl (C=O) groups excluding carboxylic acids is 1. The Morgan fingerprint density at radius 1 is 1.14 bits per heavy atom.